The summed E-state index contributed by atoms with van der Waals surface area (Å²) in [6.45, 7) is 3.62. The third-order valence-electron chi connectivity index (χ3n) is 5.48. The number of nitrogens with zero attached hydrogens (tertiary/aromatic N) is 2. The zero-order valence-corrected chi connectivity index (χ0v) is 16.2. The summed E-state index contributed by atoms with van der Waals surface area (Å²) in [7, 11) is 1.60. The Bertz CT molecular complexity index is 927. The van der Waals surface area contributed by atoms with Gasteiger partial charge in [-0.1, -0.05) is 24.3 Å². The molecule has 1 unspecified atom stereocenters. The Kier molecular flexibility index (Phi) is 5.30. The third-order valence-corrected chi connectivity index (χ3v) is 5.48. The molecule has 0 spiro atoms. The van der Waals surface area contributed by atoms with Gasteiger partial charge >= 0.3 is 0 Å². The molecule has 3 aromatic rings. The van der Waals surface area contributed by atoms with Gasteiger partial charge in [0.25, 0.3) is 0 Å². The van der Waals surface area contributed by atoms with Crippen molar-refractivity contribution >= 4 is 22.7 Å². The molecule has 146 valence electrons. The van der Waals surface area contributed by atoms with E-state index in [1.807, 2.05) is 55.5 Å². The molecule has 1 N–H and O–H groups in total. The standard InChI is InChI=1S/C22H25N3O3/c1-15(21(26)23-17-7-3-5-9-19(17)27-2)25-13-11-16(12-14-25)22-24-18-8-4-6-10-20(18)28-22/h3-10,15-16H,11-14H2,1-2H3,(H,23,26). The first-order chi connectivity index (χ1) is 13.7. The topological polar surface area (TPSA) is 67.6 Å². The maximum absolute atomic E-state index is 12.7. The minimum Gasteiger partial charge on any atom is -0.495 e. The van der Waals surface area contributed by atoms with Crippen molar-refractivity contribution < 1.29 is 13.9 Å². The number of para-hydroxylation sites is 4. The number of carbonyl (C=O) groups is 1. The van der Waals surface area contributed by atoms with Crippen LogP contribution in [0.15, 0.2) is 52.9 Å². The van der Waals surface area contributed by atoms with Gasteiger partial charge in [-0.2, -0.15) is 0 Å². The van der Waals surface area contributed by atoms with Gasteiger partial charge in [-0.25, -0.2) is 4.98 Å². The summed E-state index contributed by atoms with van der Waals surface area (Å²) in [5.74, 6) is 1.75. The van der Waals surface area contributed by atoms with Crippen molar-refractivity contribution in [1.29, 1.82) is 0 Å². The number of amides is 1. The smallest absolute Gasteiger partial charge is 0.241 e. The Labute approximate surface area is 164 Å². The molecule has 4 rings (SSSR count). The second-order valence-electron chi connectivity index (χ2n) is 7.20. The molecule has 2 aromatic carbocycles. The average molecular weight is 379 g/mol. The summed E-state index contributed by atoms with van der Waals surface area (Å²) in [5.41, 5.74) is 2.44. The zero-order chi connectivity index (χ0) is 19.5. The highest BCUT2D eigenvalue weighted by Crippen LogP contribution is 2.31. The first-order valence-electron chi connectivity index (χ1n) is 9.69. The van der Waals surface area contributed by atoms with Crippen LogP contribution < -0.4 is 10.1 Å². The van der Waals surface area contributed by atoms with E-state index >= 15 is 0 Å². The Hall–Kier alpha value is -2.86. The van der Waals surface area contributed by atoms with Crippen molar-refractivity contribution in [2.45, 2.75) is 31.7 Å². The number of rotatable bonds is 5. The van der Waals surface area contributed by atoms with Gasteiger partial charge in [0.2, 0.25) is 5.91 Å². The SMILES string of the molecule is COc1ccccc1NC(=O)C(C)N1CCC(c2nc3ccccc3o2)CC1. The fraction of sp³-hybridized carbons (Fsp3) is 0.364. The molecule has 0 bridgehead atoms. The fourth-order valence-electron chi connectivity index (χ4n) is 3.75. The van der Waals surface area contributed by atoms with Gasteiger partial charge in [0.15, 0.2) is 11.5 Å². The van der Waals surface area contributed by atoms with E-state index in [2.05, 4.69) is 15.2 Å². The van der Waals surface area contributed by atoms with Crippen LogP contribution in [0.5, 0.6) is 5.75 Å². The van der Waals surface area contributed by atoms with Crippen molar-refractivity contribution in [1.82, 2.24) is 9.88 Å². The monoisotopic (exact) mass is 379 g/mol. The molecule has 6 heteroatoms. The summed E-state index contributed by atoms with van der Waals surface area (Å²) in [4.78, 5) is 19.6. The number of likely N-dealkylation sites (tertiary alicyclic amines) is 1. The number of fused-ring (bicyclic) bond motifs is 1. The van der Waals surface area contributed by atoms with Crippen molar-refractivity contribution in [3.63, 3.8) is 0 Å². The van der Waals surface area contributed by atoms with Crippen molar-refractivity contribution in [2.75, 3.05) is 25.5 Å². The Morgan fingerprint density at radius 2 is 1.89 bits per heavy atom. The second kappa shape index (κ2) is 8.02. The summed E-state index contributed by atoms with van der Waals surface area (Å²) >= 11 is 0. The molecule has 0 aliphatic carbocycles. The quantitative estimate of drug-likeness (QED) is 0.725. The minimum atomic E-state index is -0.213. The lowest BCUT2D eigenvalue weighted by Gasteiger charge is -2.34. The summed E-state index contributed by atoms with van der Waals surface area (Å²) in [6, 6.07) is 15.1. The van der Waals surface area contributed by atoms with E-state index in [1.165, 1.54) is 0 Å². The lowest BCUT2D eigenvalue weighted by molar-refractivity contribution is -0.121. The molecule has 1 fully saturated rings. The normalized spacial score (nSPS) is 16.8. The third kappa shape index (κ3) is 3.73. The number of aromatic nitrogens is 1. The van der Waals surface area contributed by atoms with Crippen molar-refractivity contribution in [2.24, 2.45) is 0 Å². The second-order valence-corrected chi connectivity index (χ2v) is 7.20. The van der Waals surface area contributed by atoms with Crippen LogP contribution >= 0.6 is 0 Å². The molecule has 2 heterocycles. The maximum atomic E-state index is 12.7. The van der Waals surface area contributed by atoms with Crippen LogP contribution in [0.4, 0.5) is 5.69 Å². The van der Waals surface area contributed by atoms with Crippen molar-refractivity contribution in [3.05, 3.63) is 54.4 Å². The highest BCUT2D eigenvalue weighted by molar-refractivity contribution is 5.95. The van der Waals surface area contributed by atoms with E-state index in [0.717, 1.165) is 42.9 Å². The molecule has 0 radical (unpaired) electrons. The number of piperidine rings is 1. The van der Waals surface area contributed by atoms with Crippen LogP contribution in [0, 0.1) is 0 Å². The number of hydrogen-bond donors (Lipinski definition) is 1. The van der Waals surface area contributed by atoms with E-state index in [9.17, 15) is 4.79 Å². The number of ether oxygens (including phenoxy) is 1. The zero-order valence-electron chi connectivity index (χ0n) is 16.2. The lowest BCUT2D eigenvalue weighted by Crippen LogP contribution is -2.45. The first-order valence-corrected chi connectivity index (χ1v) is 9.69. The van der Waals surface area contributed by atoms with E-state index in [0.29, 0.717) is 17.4 Å². The fourth-order valence-corrected chi connectivity index (χ4v) is 3.75. The van der Waals surface area contributed by atoms with Gasteiger partial charge in [-0.05, 0) is 57.1 Å². The van der Waals surface area contributed by atoms with Crippen LogP contribution in [0.1, 0.15) is 31.6 Å². The molecule has 28 heavy (non-hydrogen) atoms. The van der Waals surface area contributed by atoms with E-state index < -0.39 is 0 Å². The van der Waals surface area contributed by atoms with E-state index in [-0.39, 0.29) is 11.9 Å². The molecule has 0 saturated carbocycles. The van der Waals surface area contributed by atoms with Crippen LogP contribution in [0.25, 0.3) is 11.1 Å². The van der Waals surface area contributed by atoms with Crippen LogP contribution in [0.2, 0.25) is 0 Å². The van der Waals surface area contributed by atoms with Crippen LogP contribution in [0.3, 0.4) is 0 Å². The number of benzene rings is 2. The number of hydrogen-bond acceptors (Lipinski definition) is 5. The number of anilines is 1. The summed E-state index contributed by atoms with van der Waals surface area (Å²) in [6.07, 6.45) is 1.86. The number of carbonyl (C=O) groups excluding carboxylic acids is 1. The van der Waals surface area contributed by atoms with Crippen molar-refractivity contribution in [3.8, 4) is 5.75 Å². The van der Waals surface area contributed by atoms with E-state index in [4.69, 9.17) is 9.15 Å². The highest BCUT2D eigenvalue weighted by atomic mass is 16.5. The Balaban J connectivity index is 1.36. The first kappa shape index (κ1) is 18.5. The average Bonchev–Trinajstić information content (AvgIpc) is 3.18. The maximum Gasteiger partial charge on any atom is 0.241 e. The summed E-state index contributed by atoms with van der Waals surface area (Å²) < 4.78 is 11.2. The molecule has 1 atom stereocenters. The van der Waals surface area contributed by atoms with Gasteiger partial charge in [0, 0.05) is 5.92 Å². The number of methoxy groups -OCH3 is 1. The lowest BCUT2D eigenvalue weighted by atomic mass is 9.95. The largest absolute Gasteiger partial charge is 0.495 e. The predicted molar refractivity (Wildman–Crippen MR) is 109 cm³/mol. The molecule has 1 aromatic heterocycles. The molecule has 1 aliphatic heterocycles. The molecular weight excluding hydrogens is 354 g/mol. The van der Waals surface area contributed by atoms with Gasteiger partial charge in [0.1, 0.15) is 11.3 Å². The molecule has 1 aliphatic rings. The van der Waals surface area contributed by atoms with Gasteiger partial charge in [0.05, 0.1) is 18.8 Å². The van der Waals surface area contributed by atoms with Gasteiger partial charge in [-0.15, -0.1) is 0 Å². The van der Waals surface area contributed by atoms with Crippen LogP contribution in [-0.2, 0) is 4.79 Å². The molecule has 1 saturated heterocycles. The van der Waals surface area contributed by atoms with Gasteiger partial charge in [-0.3, -0.25) is 9.69 Å². The van der Waals surface area contributed by atoms with E-state index in [1.54, 1.807) is 7.11 Å². The van der Waals surface area contributed by atoms with Crippen LogP contribution in [-0.4, -0.2) is 42.0 Å². The molecule has 1 amide bonds. The Morgan fingerprint density at radius 3 is 2.64 bits per heavy atom. The number of oxazole rings is 1. The minimum absolute atomic E-state index is 0.0233. The summed E-state index contributed by atoms with van der Waals surface area (Å²) in [5, 5.41) is 2.98. The number of nitrogens with one attached hydrogen (secondary N) is 1. The highest BCUT2D eigenvalue weighted by Gasteiger charge is 2.29. The predicted octanol–water partition coefficient (Wildman–Crippen LogP) is 4.04. The van der Waals surface area contributed by atoms with Gasteiger partial charge < -0.3 is 14.5 Å². The molecular formula is C22H25N3O3. The Morgan fingerprint density at radius 1 is 1.18 bits per heavy atom. The molecule has 6 nitrogen and oxygen atoms in total.